The Bertz CT molecular complexity index is 174. The molecular weight excluding hydrogens is 180 g/mol. The van der Waals surface area contributed by atoms with E-state index in [-0.39, 0.29) is 24.6 Å². The number of hydrogen-bond donors (Lipinski definition) is 4. The molecule has 0 saturated heterocycles. The molecule has 0 aromatic rings. The molecule has 0 saturated carbocycles. The summed E-state index contributed by atoms with van der Waals surface area (Å²) in [5.74, 6) is -1.37. The molecule has 4 N–H and O–H groups in total. The first-order valence-corrected chi connectivity index (χ1v) is 4.08. The average Bonchev–Trinajstić information content (AvgIpc) is 2.00. The minimum Gasteiger partial charge on any atom is -0.480 e. The van der Waals surface area contributed by atoms with E-state index in [9.17, 15) is 9.59 Å². The molecule has 1 amide bonds. The van der Waals surface area contributed by atoms with E-state index in [2.05, 4.69) is 17.9 Å². The van der Waals surface area contributed by atoms with Gasteiger partial charge in [0.2, 0.25) is 5.91 Å². The quantitative estimate of drug-likeness (QED) is 0.413. The molecule has 0 heterocycles. The second kappa shape index (κ2) is 5.84. The Morgan fingerprint density at radius 2 is 2.17 bits per heavy atom. The molecule has 0 aliphatic rings. The monoisotopic (exact) mass is 192 g/mol. The number of carboxylic acid groups (broad SMARTS) is 1. The van der Waals surface area contributed by atoms with Crippen molar-refractivity contribution < 1.29 is 14.7 Å². The summed E-state index contributed by atoms with van der Waals surface area (Å²) < 4.78 is 0. The molecule has 0 aromatic carbocycles. The molecule has 6 heteroatoms. The van der Waals surface area contributed by atoms with Gasteiger partial charge in [-0.1, -0.05) is 0 Å². The van der Waals surface area contributed by atoms with Crippen LogP contribution in [0, 0.1) is 0 Å². The first-order valence-electron chi connectivity index (χ1n) is 3.45. The highest BCUT2D eigenvalue weighted by Crippen LogP contribution is 1.89. The van der Waals surface area contributed by atoms with Crippen LogP contribution in [0.3, 0.4) is 0 Å². The number of nitrogens with two attached hydrogens (primary N) is 1. The van der Waals surface area contributed by atoms with Crippen LogP contribution < -0.4 is 11.1 Å². The van der Waals surface area contributed by atoms with Gasteiger partial charge in [0.15, 0.2) is 0 Å². The molecule has 1 atom stereocenters. The Morgan fingerprint density at radius 3 is 2.50 bits per heavy atom. The van der Waals surface area contributed by atoms with Gasteiger partial charge in [0.25, 0.3) is 0 Å². The highest BCUT2D eigenvalue weighted by molar-refractivity contribution is 7.80. The molecule has 0 aliphatic carbocycles. The third-order valence-corrected chi connectivity index (χ3v) is 1.55. The van der Waals surface area contributed by atoms with E-state index in [0.717, 1.165) is 0 Å². The molecule has 5 nitrogen and oxygen atoms in total. The molecule has 0 rings (SSSR count). The molecule has 0 spiro atoms. The fraction of sp³-hybridized carbons (Fsp3) is 0.667. The summed E-state index contributed by atoms with van der Waals surface area (Å²) in [6.45, 7) is 0.213. The standard InChI is InChI=1S/C6H12N2O3S/c7-2-1-5(9)8-4(3-12)6(10)11/h4,12H,1-3,7H2,(H,8,9)(H,10,11). The fourth-order valence-electron chi connectivity index (χ4n) is 0.583. The molecular formula is C6H12N2O3S. The second-order valence-electron chi connectivity index (χ2n) is 2.18. The summed E-state index contributed by atoms with van der Waals surface area (Å²) in [5, 5.41) is 10.8. The predicted molar refractivity (Wildman–Crippen MR) is 47.1 cm³/mol. The van der Waals surface area contributed by atoms with Crippen LogP contribution in [-0.4, -0.2) is 35.3 Å². The van der Waals surface area contributed by atoms with E-state index in [1.807, 2.05) is 0 Å². The van der Waals surface area contributed by atoms with Crippen LogP contribution in [0.4, 0.5) is 0 Å². The summed E-state index contributed by atoms with van der Waals surface area (Å²) in [4.78, 5) is 21.2. The third-order valence-electron chi connectivity index (χ3n) is 1.19. The van der Waals surface area contributed by atoms with Crippen molar-refractivity contribution in [1.82, 2.24) is 5.32 Å². The van der Waals surface area contributed by atoms with Crippen LogP contribution in [0.15, 0.2) is 0 Å². The van der Waals surface area contributed by atoms with Gasteiger partial charge in [-0.05, 0) is 0 Å². The first kappa shape index (κ1) is 11.2. The summed E-state index contributed by atoms with van der Waals surface area (Å²) in [5.41, 5.74) is 5.10. The number of amides is 1. The smallest absolute Gasteiger partial charge is 0.327 e. The minimum absolute atomic E-state index is 0.0750. The van der Waals surface area contributed by atoms with Gasteiger partial charge in [-0.3, -0.25) is 4.79 Å². The Labute approximate surface area is 75.7 Å². The zero-order chi connectivity index (χ0) is 9.56. The molecule has 0 bridgehead atoms. The van der Waals surface area contributed by atoms with E-state index in [0.29, 0.717) is 0 Å². The van der Waals surface area contributed by atoms with Gasteiger partial charge in [0.05, 0.1) is 0 Å². The van der Waals surface area contributed by atoms with Crippen LogP contribution in [-0.2, 0) is 9.59 Å². The van der Waals surface area contributed by atoms with Crippen LogP contribution in [0.1, 0.15) is 6.42 Å². The van der Waals surface area contributed by atoms with Gasteiger partial charge in [-0.15, -0.1) is 0 Å². The van der Waals surface area contributed by atoms with Crippen molar-refractivity contribution in [2.24, 2.45) is 5.73 Å². The van der Waals surface area contributed by atoms with Gasteiger partial charge in [-0.25, -0.2) is 4.79 Å². The normalized spacial score (nSPS) is 12.2. The lowest BCUT2D eigenvalue weighted by atomic mass is 10.3. The molecule has 0 aromatic heterocycles. The maximum absolute atomic E-state index is 10.8. The van der Waals surface area contributed by atoms with Gasteiger partial charge in [0, 0.05) is 18.7 Å². The minimum atomic E-state index is -1.09. The van der Waals surface area contributed by atoms with Crippen LogP contribution >= 0.6 is 12.6 Å². The lowest BCUT2D eigenvalue weighted by molar-refractivity contribution is -0.141. The Kier molecular flexibility index (Phi) is 5.48. The Hall–Kier alpha value is -0.750. The van der Waals surface area contributed by atoms with Crippen molar-refractivity contribution in [2.75, 3.05) is 12.3 Å². The van der Waals surface area contributed by atoms with Crippen LogP contribution in [0.5, 0.6) is 0 Å². The van der Waals surface area contributed by atoms with E-state index >= 15 is 0 Å². The van der Waals surface area contributed by atoms with Crippen LogP contribution in [0.2, 0.25) is 0 Å². The molecule has 12 heavy (non-hydrogen) atoms. The number of rotatable bonds is 5. The van der Waals surface area contributed by atoms with Crippen molar-refractivity contribution in [3.8, 4) is 0 Å². The summed E-state index contributed by atoms with van der Waals surface area (Å²) >= 11 is 3.77. The molecule has 70 valence electrons. The van der Waals surface area contributed by atoms with E-state index < -0.39 is 12.0 Å². The summed E-state index contributed by atoms with van der Waals surface area (Å²) in [6.07, 6.45) is 0.136. The molecule has 0 radical (unpaired) electrons. The summed E-state index contributed by atoms with van der Waals surface area (Å²) in [7, 11) is 0. The molecule has 0 fully saturated rings. The molecule has 0 aliphatic heterocycles. The number of carboxylic acids is 1. The zero-order valence-electron chi connectivity index (χ0n) is 6.49. The highest BCUT2D eigenvalue weighted by Gasteiger charge is 2.16. The van der Waals surface area contributed by atoms with Crippen molar-refractivity contribution in [2.45, 2.75) is 12.5 Å². The van der Waals surface area contributed by atoms with E-state index in [1.165, 1.54) is 0 Å². The number of nitrogens with one attached hydrogen (secondary N) is 1. The van der Waals surface area contributed by atoms with Crippen LogP contribution in [0.25, 0.3) is 0 Å². The largest absolute Gasteiger partial charge is 0.480 e. The van der Waals surface area contributed by atoms with Gasteiger partial charge >= 0.3 is 5.97 Å². The van der Waals surface area contributed by atoms with Crippen molar-refractivity contribution >= 4 is 24.5 Å². The predicted octanol–water partition coefficient (Wildman–Crippen LogP) is -1.17. The lowest BCUT2D eigenvalue weighted by Gasteiger charge is -2.10. The maximum atomic E-state index is 10.8. The molecule has 1 unspecified atom stereocenters. The third kappa shape index (κ3) is 4.20. The number of carbonyl (C=O) groups excluding carboxylic acids is 1. The Morgan fingerprint density at radius 1 is 1.58 bits per heavy atom. The number of carbonyl (C=O) groups is 2. The fourth-order valence-corrected chi connectivity index (χ4v) is 0.831. The second-order valence-corrected chi connectivity index (χ2v) is 2.54. The van der Waals surface area contributed by atoms with E-state index in [1.54, 1.807) is 0 Å². The number of hydrogen-bond acceptors (Lipinski definition) is 4. The van der Waals surface area contributed by atoms with Crippen molar-refractivity contribution in [3.63, 3.8) is 0 Å². The highest BCUT2D eigenvalue weighted by atomic mass is 32.1. The Balaban J connectivity index is 3.85. The zero-order valence-corrected chi connectivity index (χ0v) is 7.38. The van der Waals surface area contributed by atoms with Crippen molar-refractivity contribution in [1.29, 1.82) is 0 Å². The number of aliphatic carboxylic acids is 1. The maximum Gasteiger partial charge on any atom is 0.327 e. The average molecular weight is 192 g/mol. The van der Waals surface area contributed by atoms with Crippen molar-refractivity contribution in [3.05, 3.63) is 0 Å². The topological polar surface area (TPSA) is 92.4 Å². The lowest BCUT2D eigenvalue weighted by Crippen LogP contribution is -2.42. The van der Waals surface area contributed by atoms with Gasteiger partial charge in [0.1, 0.15) is 6.04 Å². The van der Waals surface area contributed by atoms with E-state index in [4.69, 9.17) is 10.8 Å². The van der Waals surface area contributed by atoms with Gasteiger partial charge in [-0.2, -0.15) is 12.6 Å². The SMILES string of the molecule is NCCC(=O)NC(CS)C(=O)O. The number of thiol groups is 1. The summed E-state index contributed by atoms with van der Waals surface area (Å²) in [6, 6.07) is -0.924. The van der Waals surface area contributed by atoms with Gasteiger partial charge < -0.3 is 16.2 Å². The first-order chi connectivity index (χ1) is 5.61.